The van der Waals surface area contributed by atoms with E-state index in [-0.39, 0.29) is 0 Å². The number of benzene rings is 1. The third-order valence-electron chi connectivity index (χ3n) is 1.90. The van der Waals surface area contributed by atoms with Gasteiger partial charge in [0.15, 0.2) is 0 Å². The van der Waals surface area contributed by atoms with Crippen LogP contribution in [0.15, 0.2) is 33.2 Å². The molecule has 0 fully saturated rings. The molecule has 0 aromatic heterocycles. The number of rotatable bonds is 5. The predicted molar refractivity (Wildman–Crippen MR) is 74.9 cm³/mol. The van der Waals surface area contributed by atoms with E-state index in [1.54, 1.807) is 0 Å². The molecule has 0 heterocycles. The summed E-state index contributed by atoms with van der Waals surface area (Å²) in [4.78, 5) is 0. The SMILES string of the molecule is C=C(C)COc1c(Br)cc(CNC)cc1Br. The number of ether oxygens (including phenoxy) is 1. The monoisotopic (exact) mass is 347 g/mol. The molecule has 88 valence electrons. The van der Waals surface area contributed by atoms with Crippen molar-refractivity contribution in [3.8, 4) is 5.75 Å². The van der Waals surface area contributed by atoms with Gasteiger partial charge in [0.2, 0.25) is 0 Å². The zero-order valence-electron chi connectivity index (χ0n) is 9.44. The fraction of sp³-hybridized carbons (Fsp3) is 0.333. The second-order valence-corrected chi connectivity index (χ2v) is 5.37. The Labute approximate surface area is 113 Å². The first-order chi connectivity index (χ1) is 7.54. The van der Waals surface area contributed by atoms with E-state index in [9.17, 15) is 0 Å². The van der Waals surface area contributed by atoms with Crippen LogP contribution in [0.4, 0.5) is 0 Å². The second kappa shape index (κ2) is 6.42. The average Bonchev–Trinajstić information content (AvgIpc) is 2.16. The molecule has 0 aliphatic heterocycles. The Kier molecular flexibility index (Phi) is 5.52. The standard InChI is InChI=1S/C12H15Br2NO/c1-8(2)7-16-12-10(13)4-9(6-15-3)5-11(12)14/h4-5,15H,1,6-7H2,2-3H3. The Morgan fingerprint density at radius 1 is 1.38 bits per heavy atom. The first-order valence-electron chi connectivity index (χ1n) is 4.94. The molecule has 0 unspecified atom stereocenters. The quantitative estimate of drug-likeness (QED) is 0.815. The van der Waals surface area contributed by atoms with Gasteiger partial charge in [-0.05, 0) is 69.1 Å². The van der Waals surface area contributed by atoms with Crippen molar-refractivity contribution in [1.29, 1.82) is 0 Å². The van der Waals surface area contributed by atoms with Gasteiger partial charge in [-0.3, -0.25) is 0 Å². The predicted octanol–water partition coefficient (Wildman–Crippen LogP) is 3.89. The van der Waals surface area contributed by atoms with Gasteiger partial charge in [-0.2, -0.15) is 0 Å². The Morgan fingerprint density at radius 3 is 2.38 bits per heavy atom. The Balaban J connectivity index is 2.89. The molecule has 0 aliphatic carbocycles. The summed E-state index contributed by atoms with van der Waals surface area (Å²) in [5, 5.41) is 3.11. The molecule has 0 saturated heterocycles. The summed E-state index contributed by atoms with van der Waals surface area (Å²) < 4.78 is 7.55. The lowest BCUT2D eigenvalue weighted by molar-refractivity contribution is 0.348. The highest BCUT2D eigenvalue weighted by molar-refractivity contribution is 9.11. The van der Waals surface area contributed by atoms with Crippen LogP contribution in [0, 0.1) is 0 Å². The van der Waals surface area contributed by atoms with Crippen LogP contribution < -0.4 is 10.1 Å². The van der Waals surface area contributed by atoms with Gasteiger partial charge in [-0.25, -0.2) is 0 Å². The maximum Gasteiger partial charge on any atom is 0.148 e. The minimum Gasteiger partial charge on any atom is -0.487 e. The molecule has 4 heteroatoms. The minimum absolute atomic E-state index is 0.530. The molecule has 0 aliphatic rings. The number of nitrogens with one attached hydrogen (secondary N) is 1. The maximum atomic E-state index is 5.65. The molecule has 0 spiro atoms. The van der Waals surface area contributed by atoms with Crippen molar-refractivity contribution in [2.24, 2.45) is 0 Å². The molecule has 1 rings (SSSR count). The molecule has 2 nitrogen and oxygen atoms in total. The lowest BCUT2D eigenvalue weighted by Gasteiger charge is -2.12. The summed E-state index contributed by atoms with van der Waals surface area (Å²) in [5.41, 5.74) is 2.20. The third-order valence-corrected chi connectivity index (χ3v) is 3.08. The lowest BCUT2D eigenvalue weighted by Crippen LogP contribution is -2.06. The van der Waals surface area contributed by atoms with Crippen LogP contribution in [0.1, 0.15) is 12.5 Å². The van der Waals surface area contributed by atoms with Crippen molar-refractivity contribution in [3.63, 3.8) is 0 Å². The molecule has 16 heavy (non-hydrogen) atoms. The molecule has 0 radical (unpaired) electrons. The molecule has 1 aromatic rings. The first kappa shape index (κ1) is 13.7. The number of hydrogen-bond donors (Lipinski definition) is 1. The summed E-state index contributed by atoms with van der Waals surface area (Å²) in [7, 11) is 1.92. The fourth-order valence-corrected chi connectivity index (χ4v) is 2.76. The highest BCUT2D eigenvalue weighted by Crippen LogP contribution is 2.34. The number of halogens is 2. The van der Waals surface area contributed by atoms with Crippen LogP contribution in [0.2, 0.25) is 0 Å². The van der Waals surface area contributed by atoms with Gasteiger partial charge in [0, 0.05) is 6.54 Å². The molecule has 0 bridgehead atoms. The van der Waals surface area contributed by atoms with Crippen LogP contribution in [-0.2, 0) is 6.54 Å². The molecule has 1 aromatic carbocycles. The van der Waals surface area contributed by atoms with Gasteiger partial charge in [-0.15, -0.1) is 0 Å². The van der Waals surface area contributed by atoms with E-state index in [1.165, 1.54) is 5.56 Å². The van der Waals surface area contributed by atoms with Crippen molar-refractivity contribution in [3.05, 3.63) is 38.8 Å². The van der Waals surface area contributed by atoms with Gasteiger partial charge >= 0.3 is 0 Å². The van der Waals surface area contributed by atoms with E-state index in [0.29, 0.717) is 6.61 Å². The van der Waals surface area contributed by atoms with Crippen molar-refractivity contribution in [2.45, 2.75) is 13.5 Å². The maximum absolute atomic E-state index is 5.65. The van der Waals surface area contributed by atoms with E-state index in [4.69, 9.17) is 4.74 Å². The summed E-state index contributed by atoms with van der Waals surface area (Å²) >= 11 is 7.01. The zero-order chi connectivity index (χ0) is 12.1. The topological polar surface area (TPSA) is 21.3 Å². The molecule has 1 N–H and O–H groups in total. The Bertz CT molecular complexity index is 368. The Hall–Kier alpha value is -0.320. The Morgan fingerprint density at radius 2 is 1.94 bits per heavy atom. The summed E-state index contributed by atoms with van der Waals surface area (Å²) in [5.74, 6) is 0.822. The third kappa shape index (κ3) is 3.92. The van der Waals surface area contributed by atoms with Crippen molar-refractivity contribution < 1.29 is 4.74 Å². The van der Waals surface area contributed by atoms with E-state index >= 15 is 0 Å². The molecule has 0 saturated carbocycles. The van der Waals surface area contributed by atoms with Crippen LogP contribution in [0.3, 0.4) is 0 Å². The van der Waals surface area contributed by atoms with Gasteiger partial charge in [0.25, 0.3) is 0 Å². The zero-order valence-corrected chi connectivity index (χ0v) is 12.6. The minimum atomic E-state index is 0.530. The first-order valence-corrected chi connectivity index (χ1v) is 6.53. The molecular formula is C12H15Br2NO. The van der Waals surface area contributed by atoms with Crippen molar-refractivity contribution >= 4 is 31.9 Å². The van der Waals surface area contributed by atoms with Crippen LogP contribution >= 0.6 is 31.9 Å². The van der Waals surface area contributed by atoms with Crippen LogP contribution in [-0.4, -0.2) is 13.7 Å². The van der Waals surface area contributed by atoms with Crippen molar-refractivity contribution in [2.75, 3.05) is 13.7 Å². The van der Waals surface area contributed by atoms with Gasteiger partial charge in [-0.1, -0.05) is 6.58 Å². The lowest BCUT2D eigenvalue weighted by atomic mass is 10.2. The average molecular weight is 349 g/mol. The van der Waals surface area contributed by atoms with Gasteiger partial charge < -0.3 is 10.1 Å². The normalized spacial score (nSPS) is 10.2. The number of hydrogen-bond acceptors (Lipinski definition) is 2. The van der Waals surface area contributed by atoms with Gasteiger partial charge in [0.1, 0.15) is 12.4 Å². The molecule has 0 amide bonds. The molecule has 0 atom stereocenters. The van der Waals surface area contributed by atoms with E-state index in [2.05, 4.69) is 55.9 Å². The fourth-order valence-electron chi connectivity index (χ4n) is 1.25. The summed E-state index contributed by atoms with van der Waals surface area (Å²) in [6.07, 6.45) is 0. The van der Waals surface area contributed by atoms with Crippen LogP contribution in [0.5, 0.6) is 5.75 Å². The summed E-state index contributed by atoms with van der Waals surface area (Å²) in [6, 6.07) is 4.10. The highest BCUT2D eigenvalue weighted by atomic mass is 79.9. The molecular weight excluding hydrogens is 334 g/mol. The van der Waals surface area contributed by atoms with Crippen molar-refractivity contribution in [1.82, 2.24) is 5.32 Å². The van der Waals surface area contributed by atoms with E-state index < -0.39 is 0 Å². The van der Waals surface area contributed by atoms with Gasteiger partial charge in [0.05, 0.1) is 8.95 Å². The highest BCUT2D eigenvalue weighted by Gasteiger charge is 2.08. The smallest absolute Gasteiger partial charge is 0.148 e. The van der Waals surface area contributed by atoms with Crippen LogP contribution in [0.25, 0.3) is 0 Å². The van der Waals surface area contributed by atoms with E-state index in [0.717, 1.165) is 26.8 Å². The largest absolute Gasteiger partial charge is 0.487 e. The van der Waals surface area contributed by atoms with E-state index in [1.807, 2.05) is 14.0 Å². The second-order valence-electron chi connectivity index (χ2n) is 3.66. The summed E-state index contributed by atoms with van der Waals surface area (Å²) in [6.45, 7) is 7.11.